The number of hydrogen-bond donors (Lipinski definition) is 1. The Labute approximate surface area is 165 Å². The number of thiazole rings is 1. The summed E-state index contributed by atoms with van der Waals surface area (Å²) in [6.45, 7) is 4.00. The summed E-state index contributed by atoms with van der Waals surface area (Å²) in [6, 6.07) is 6.12. The number of nitrogens with zero attached hydrogens (tertiary/aromatic N) is 4. The van der Waals surface area contributed by atoms with Crippen LogP contribution in [0.2, 0.25) is 0 Å². The fourth-order valence-corrected chi connectivity index (χ4v) is 4.51. The van der Waals surface area contributed by atoms with Crippen molar-refractivity contribution < 1.29 is 9.21 Å². The van der Waals surface area contributed by atoms with Crippen LogP contribution in [0.4, 0.5) is 0 Å². The molecule has 1 atom stereocenters. The predicted octanol–water partition coefficient (Wildman–Crippen LogP) is 3.73. The molecule has 0 spiro atoms. The van der Waals surface area contributed by atoms with Gasteiger partial charge in [-0.3, -0.25) is 9.20 Å². The van der Waals surface area contributed by atoms with Gasteiger partial charge in [-0.15, -0.1) is 21.5 Å². The third-order valence-corrected chi connectivity index (χ3v) is 6.01. The largest absolute Gasteiger partial charge is 0.421 e. The minimum absolute atomic E-state index is 0.00396. The lowest BCUT2D eigenvalue weighted by Gasteiger charge is -2.14. The van der Waals surface area contributed by atoms with Gasteiger partial charge in [-0.05, 0) is 43.0 Å². The second-order valence-corrected chi connectivity index (χ2v) is 8.18. The fraction of sp³-hybridized carbons (Fsp3) is 0.300. The van der Waals surface area contributed by atoms with Gasteiger partial charge in [0.15, 0.2) is 4.96 Å². The maximum Gasteiger partial charge on any atom is 0.270 e. The number of fused-ring (bicyclic) bond motifs is 2. The molecule has 4 aromatic rings. The van der Waals surface area contributed by atoms with Gasteiger partial charge in [0, 0.05) is 23.1 Å². The number of imidazole rings is 1. The molecule has 1 aliphatic rings. The summed E-state index contributed by atoms with van der Waals surface area (Å²) in [5.74, 6) is 1.08. The minimum atomic E-state index is -0.100. The lowest BCUT2D eigenvalue weighted by Crippen LogP contribution is -2.28. The fourth-order valence-electron chi connectivity index (χ4n) is 3.71. The monoisotopic (exact) mass is 393 g/mol. The van der Waals surface area contributed by atoms with Gasteiger partial charge in [-0.1, -0.05) is 13.0 Å². The first-order valence-corrected chi connectivity index (χ1v) is 10.1. The zero-order chi connectivity index (χ0) is 19.3. The third kappa shape index (κ3) is 2.80. The van der Waals surface area contributed by atoms with Crippen LogP contribution in [-0.4, -0.2) is 25.5 Å². The number of aromatic nitrogens is 4. The van der Waals surface area contributed by atoms with Crippen LogP contribution in [0.25, 0.3) is 16.4 Å². The molecule has 0 unspecified atom stereocenters. The van der Waals surface area contributed by atoms with E-state index in [-0.39, 0.29) is 11.9 Å². The van der Waals surface area contributed by atoms with E-state index in [0.29, 0.717) is 17.5 Å². The van der Waals surface area contributed by atoms with Gasteiger partial charge in [0.25, 0.3) is 5.91 Å². The Morgan fingerprint density at radius 1 is 1.39 bits per heavy atom. The molecular formula is C20H19N5O2S. The van der Waals surface area contributed by atoms with Crippen LogP contribution in [0.15, 0.2) is 35.0 Å². The average molecular weight is 393 g/mol. The summed E-state index contributed by atoms with van der Waals surface area (Å²) in [6.07, 6.45) is 6.09. The number of nitrogens with one attached hydrogen (secondary N) is 1. The zero-order valence-electron chi connectivity index (χ0n) is 15.6. The van der Waals surface area contributed by atoms with Gasteiger partial charge in [0.1, 0.15) is 5.69 Å². The van der Waals surface area contributed by atoms with Crippen LogP contribution < -0.4 is 5.32 Å². The Morgan fingerprint density at radius 2 is 2.29 bits per heavy atom. The molecule has 5 rings (SSSR count). The van der Waals surface area contributed by atoms with E-state index >= 15 is 0 Å². The molecule has 1 aliphatic carbocycles. The molecule has 8 heteroatoms. The molecule has 0 bridgehead atoms. The Hall–Kier alpha value is -3.00. The third-order valence-electron chi connectivity index (χ3n) is 5.10. The summed E-state index contributed by atoms with van der Waals surface area (Å²) in [4.78, 5) is 19.1. The standard InChI is InChI=1S/C20H19N5O2S/c1-3-17-23-24-19(27-17)13-4-6-14-12(8-13)5-7-15(14)22-18(26)16-9-21-20-25(16)10-11(2)28-20/h4,6,8-10,15H,3,5,7H2,1-2H3,(H,22,26)/t15-/m1/s1. The smallest absolute Gasteiger partial charge is 0.270 e. The summed E-state index contributed by atoms with van der Waals surface area (Å²) in [5.41, 5.74) is 3.85. The first kappa shape index (κ1) is 17.1. The van der Waals surface area contributed by atoms with Crippen molar-refractivity contribution in [3.8, 4) is 11.5 Å². The highest BCUT2D eigenvalue weighted by molar-refractivity contribution is 7.17. The maximum absolute atomic E-state index is 12.8. The van der Waals surface area contributed by atoms with Gasteiger partial charge in [0.2, 0.25) is 11.8 Å². The number of rotatable bonds is 4. The van der Waals surface area contributed by atoms with E-state index in [9.17, 15) is 4.79 Å². The van der Waals surface area contributed by atoms with Gasteiger partial charge in [0.05, 0.1) is 12.2 Å². The van der Waals surface area contributed by atoms with Gasteiger partial charge < -0.3 is 9.73 Å². The highest BCUT2D eigenvalue weighted by atomic mass is 32.1. The SMILES string of the molecule is CCc1nnc(-c2ccc3c(c2)CC[C@H]3NC(=O)c2cnc3sc(C)cn23)o1. The van der Waals surface area contributed by atoms with Crippen molar-refractivity contribution in [2.75, 3.05) is 0 Å². The van der Waals surface area contributed by atoms with Crippen molar-refractivity contribution >= 4 is 22.2 Å². The lowest BCUT2D eigenvalue weighted by molar-refractivity contribution is 0.0931. The second-order valence-electron chi connectivity index (χ2n) is 6.97. The first-order valence-electron chi connectivity index (χ1n) is 9.32. The summed E-state index contributed by atoms with van der Waals surface area (Å²) in [5, 5.41) is 11.3. The highest BCUT2D eigenvalue weighted by Crippen LogP contribution is 2.34. The van der Waals surface area contributed by atoms with Crippen molar-refractivity contribution in [1.29, 1.82) is 0 Å². The number of hydrogen-bond acceptors (Lipinski definition) is 6. The average Bonchev–Trinajstić information content (AvgIpc) is 3.44. The van der Waals surface area contributed by atoms with Crippen molar-refractivity contribution in [2.45, 2.75) is 39.2 Å². The quantitative estimate of drug-likeness (QED) is 0.571. The van der Waals surface area contributed by atoms with Crippen LogP contribution in [0.1, 0.15) is 51.8 Å². The van der Waals surface area contributed by atoms with E-state index in [1.165, 1.54) is 5.56 Å². The van der Waals surface area contributed by atoms with Gasteiger partial charge in [-0.25, -0.2) is 4.98 Å². The molecule has 142 valence electrons. The van der Waals surface area contributed by atoms with Gasteiger partial charge in [-0.2, -0.15) is 0 Å². The molecule has 1 amide bonds. The molecule has 7 nitrogen and oxygen atoms in total. The molecule has 0 aliphatic heterocycles. The maximum atomic E-state index is 12.8. The number of benzene rings is 1. The van der Waals surface area contributed by atoms with E-state index in [1.807, 2.05) is 30.5 Å². The van der Waals surface area contributed by atoms with Gasteiger partial charge >= 0.3 is 0 Å². The van der Waals surface area contributed by atoms with Crippen molar-refractivity contribution in [3.63, 3.8) is 0 Å². The van der Waals surface area contributed by atoms with Crippen LogP contribution >= 0.6 is 11.3 Å². The van der Waals surface area contributed by atoms with Crippen molar-refractivity contribution in [1.82, 2.24) is 24.9 Å². The molecule has 3 aromatic heterocycles. The van der Waals surface area contributed by atoms with Crippen LogP contribution in [-0.2, 0) is 12.8 Å². The summed E-state index contributed by atoms with van der Waals surface area (Å²) in [7, 11) is 0. The number of carbonyl (C=O) groups is 1. The second kappa shape index (κ2) is 6.56. The minimum Gasteiger partial charge on any atom is -0.421 e. The highest BCUT2D eigenvalue weighted by Gasteiger charge is 2.26. The molecule has 0 saturated heterocycles. The molecule has 0 saturated carbocycles. The topological polar surface area (TPSA) is 85.3 Å². The Kier molecular flexibility index (Phi) is 4.01. The molecule has 1 N–H and O–H groups in total. The summed E-state index contributed by atoms with van der Waals surface area (Å²) >= 11 is 1.58. The van der Waals surface area contributed by atoms with Crippen molar-refractivity contribution in [2.24, 2.45) is 0 Å². The van der Waals surface area contributed by atoms with E-state index in [4.69, 9.17) is 4.42 Å². The number of aryl methyl sites for hydroxylation is 3. The predicted molar refractivity (Wildman–Crippen MR) is 105 cm³/mol. The number of carbonyl (C=O) groups excluding carboxylic acids is 1. The van der Waals surface area contributed by atoms with Crippen LogP contribution in [0, 0.1) is 6.92 Å². The molecule has 28 heavy (non-hydrogen) atoms. The normalized spacial score (nSPS) is 15.9. The first-order chi connectivity index (χ1) is 13.6. The molecule has 1 aromatic carbocycles. The van der Waals surface area contributed by atoms with Crippen LogP contribution in [0.5, 0.6) is 0 Å². The van der Waals surface area contributed by atoms with Crippen LogP contribution in [0.3, 0.4) is 0 Å². The zero-order valence-corrected chi connectivity index (χ0v) is 16.4. The Bertz CT molecular complexity index is 1190. The molecule has 3 heterocycles. The Morgan fingerprint density at radius 3 is 3.11 bits per heavy atom. The number of amides is 1. The summed E-state index contributed by atoms with van der Waals surface area (Å²) < 4.78 is 7.52. The van der Waals surface area contributed by atoms with E-state index < -0.39 is 0 Å². The molecular weight excluding hydrogens is 374 g/mol. The molecule has 0 fully saturated rings. The van der Waals surface area contributed by atoms with Crippen molar-refractivity contribution in [3.05, 3.63) is 58.2 Å². The van der Waals surface area contributed by atoms with E-state index in [1.54, 1.807) is 17.5 Å². The Balaban J connectivity index is 1.38. The van der Waals surface area contributed by atoms with E-state index in [0.717, 1.165) is 40.2 Å². The molecule has 0 radical (unpaired) electrons. The lowest BCUT2D eigenvalue weighted by atomic mass is 10.0. The van der Waals surface area contributed by atoms with E-state index in [2.05, 4.69) is 32.6 Å².